The van der Waals surface area contributed by atoms with Crippen molar-refractivity contribution in [1.29, 1.82) is 0 Å². The summed E-state index contributed by atoms with van der Waals surface area (Å²) in [6.45, 7) is 2.23. The highest BCUT2D eigenvalue weighted by molar-refractivity contribution is 14.1. The molecular weight excluding hydrogens is 391 g/mol. The Morgan fingerprint density at radius 2 is 1.13 bits per heavy atom. The molecule has 0 saturated carbocycles. The molecule has 0 spiro atoms. The summed E-state index contributed by atoms with van der Waals surface area (Å²) in [6, 6.07) is 30.2. The van der Waals surface area contributed by atoms with Crippen LogP contribution < -0.4 is 0 Å². The van der Waals surface area contributed by atoms with E-state index in [-0.39, 0.29) is 0 Å². The number of hydrogen-bond donors (Lipinski definition) is 0. The summed E-state index contributed by atoms with van der Waals surface area (Å²) in [5, 5.41) is 0. The molecule has 3 aromatic rings. The van der Waals surface area contributed by atoms with Gasteiger partial charge in [0.25, 0.3) is 0 Å². The number of benzene rings is 3. The number of rotatable bonds is 4. The van der Waals surface area contributed by atoms with Crippen molar-refractivity contribution in [3.63, 3.8) is 0 Å². The van der Waals surface area contributed by atoms with E-state index in [1.165, 1.54) is 31.4 Å². The maximum absolute atomic E-state index is 2.36. The molecule has 0 aliphatic carbocycles. The van der Waals surface area contributed by atoms with Gasteiger partial charge in [-0.1, -0.05) is 79.7 Å². The Labute approximate surface area is 152 Å². The molecule has 0 heterocycles. The van der Waals surface area contributed by atoms with Gasteiger partial charge in [0.15, 0.2) is 0 Å². The van der Waals surface area contributed by atoms with Crippen LogP contribution in [-0.4, -0.2) is 0 Å². The second-order valence-corrected chi connectivity index (χ2v) is 6.69. The van der Waals surface area contributed by atoms with Crippen molar-refractivity contribution in [2.24, 2.45) is 0 Å². The fourth-order valence-corrected chi connectivity index (χ4v) is 3.26. The Bertz CT molecular complexity index is 784. The second-order valence-electron chi connectivity index (χ2n) is 5.45. The topological polar surface area (TPSA) is 0 Å². The van der Waals surface area contributed by atoms with Crippen molar-refractivity contribution >= 4 is 33.7 Å². The summed E-state index contributed by atoms with van der Waals surface area (Å²) in [5.74, 6) is 0. The van der Waals surface area contributed by atoms with Crippen LogP contribution in [0.3, 0.4) is 0 Å². The molecule has 3 aromatic carbocycles. The summed E-state index contributed by atoms with van der Waals surface area (Å²) in [7, 11) is 0. The van der Waals surface area contributed by atoms with Gasteiger partial charge in [-0.3, -0.25) is 0 Å². The van der Waals surface area contributed by atoms with E-state index in [2.05, 4.69) is 114 Å². The predicted octanol–water partition coefficient (Wildman–Crippen LogP) is 6.66. The minimum atomic E-state index is 1.00. The molecule has 0 unspecified atom stereocenters. The van der Waals surface area contributed by atoms with Gasteiger partial charge >= 0.3 is 0 Å². The number of hydrogen-bond acceptors (Lipinski definition) is 0. The van der Waals surface area contributed by atoms with E-state index < -0.39 is 0 Å². The van der Waals surface area contributed by atoms with Gasteiger partial charge in [-0.15, -0.1) is 0 Å². The summed E-state index contributed by atoms with van der Waals surface area (Å²) in [5.41, 5.74) is 6.56. The minimum Gasteiger partial charge on any atom is -0.0622 e. The molecule has 3 rings (SSSR count). The third-order valence-corrected chi connectivity index (χ3v) is 4.69. The van der Waals surface area contributed by atoms with Gasteiger partial charge in [-0.25, -0.2) is 0 Å². The summed E-state index contributed by atoms with van der Waals surface area (Å²) < 4.78 is 1.26. The molecule has 0 nitrogen and oxygen atoms in total. The molecule has 0 aliphatic heterocycles. The molecule has 0 bridgehead atoms. The van der Waals surface area contributed by atoms with Crippen LogP contribution in [0, 0.1) is 3.57 Å². The van der Waals surface area contributed by atoms with Gasteiger partial charge in [0.1, 0.15) is 0 Å². The van der Waals surface area contributed by atoms with Crippen LogP contribution >= 0.6 is 22.6 Å². The number of allylic oxidation sites excluding steroid dienone is 1. The summed E-state index contributed by atoms with van der Waals surface area (Å²) in [6.07, 6.45) is 1.00. The average molecular weight is 410 g/mol. The highest BCUT2D eigenvalue weighted by Gasteiger charge is 2.12. The standard InChI is InChI=1S/C22H19I/c1-2-21(17-9-5-3-6-10-17)22(18-11-7-4-8-12-18)19-13-15-20(23)16-14-19/h3-16H,2H2,1H3/b22-21-. The molecule has 0 N–H and O–H groups in total. The first-order chi connectivity index (χ1) is 11.3. The van der Waals surface area contributed by atoms with Gasteiger partial charge in [0, 0.05) is 3.57 Å². The molecule has 0 fully saturated rings. The molecule has 114 valence electrons. The smallest absolute Gasteiger partial charge is 0.0130 e. The lowest BCUT2D eigenvalue weighted by molar-refractivity contribution is 1.24. The molecule has 0 aliphatic rings. The molecular formula is C22H19I. The third-order valence-electron chi connectivity index (χ3n) is 3.97. The highest BCUT2D eigenvalue weighted by atomic mass is 127. The quantitative estimate of drug-likeness (QED) is 0.333. The molecule has 1 heteroatoms. The zero-order valence-electron chi connectivity index (χ0n) is 13.2. The van der Waals surface area contributed by atoms with Crippen molar-refractivity contribution in [2.75, 3.05) is 0 Å². The Morgan fingerprint density at radius 3 is 1.65 bits per heavy atom. The fourth-order valence-electron chi connectivity index (χ4n) is 2.90. The molecule has 0 radical (unpaired) electrons. The molecule has 0 aromatic heterocycles. The average Bonchev–Trinajstić information content (AvgIpc) is 2.62. The van der Waals surface area contributed by atoms with Crippen LogP contribution in [0.15, 0.2) is 84.9 Å². The fraction of sp³-hybridized carbons (Fsp3) is 0.0909. The van der Waals surface area contributed by atoms with E-state index in [0.717, 1.165) is 6.42 Å². The molecule has 23 heavy (non-hydrogen) atoms. The van der Waals surface area contributed by atoms with E-state index in [4.69, 9.17) is 0 Å². The largest absolute Gasteiger partial charge is 0.0622 e. The third kappa shape index (κ3) is 3.73. The monoisotopic (exact) mass is 410 g/mol. The van der Waals surface area contributed by atoms with Crippen molar-refractivity contribution in [3.8, 4) is 0 Å². The van der Waals surface area contributed by atoms with Crippen LogP contribution in [0.25, 0.3) is 11.1 Å². The Morgan fingerprint density at radius 1 is 0.652 bits per heavy atom. The van der Waals surface area contributed by atoms with E-state index >= 15 is 0 Å². The lowest BCUT2D eigenvalue weighted by Gasteiger charge is -2.16. The highest BCUT2D eigenvalue weighted by Crippen LogP contribution is 2.34. The summed E-state index contributed by atoms with van der Waals surface area (Å²) in [4.78, 5) is 0. The van der Waals surface area contributed by atoms with Crippen molar-refractivity contribution in [1.82, 2.24) is 0 Å². The lowest BCUT2D eigenvalue weighted by atomic mass is 9.88. The van der Waals surface area contributed by atoms with Crippen LogP contribution in [0.2, 0.25) is 0 Å². The Kier molecular flexibility index (Phi) is 5.29. The maximum Gasteiger partial charge on any atom is 0.0130 e. The van der Waals surface area contributed by atoms with Gasteiger partial charge in [0.2, 0.25) is 0 Å². The first-order valence-electron chi connectivity index (χ1n) is 7.89. The van der Waals surface area contributed by atoms with E-state index in [1.54, 1.807) is 0 Å². The van der Waals surface area contributed by atoms with Crippen LogP contribution in [0.4, 0.5) is 0 Å². The Balaban J connectivity index is 2.26. The molecule has 0 atom stereocenters. The normalized spacial score (nSPS) is 11.9. The molecule has 0 amide bonds. The van der Waals surface area contributed by atoms with Gasteiger partial charge in [-0.05, 0) is 69.0 Å². The number of halogens is 1. The zero-order valence-corrected chi connectivity index (χ0v) is 15.3. The zero-order chi connectivity index (χ0) is 16.1. The second kappa shape index (κ2) is 7.60. The SMILES string of the molecule is CC/C(=C(\c1ccccc1)c1ccc(I)cc1)c1ccccc1. The van der Waals surface area contributed by atoms with E-state index in [0.29, 0.717) is 0 Å². The van der Waals surface area contributed by atoms with Gasteiger partial charge in [-0.2, -0.15) is 0 Å². The van der Waals surface area contributed by atoms with Gasteiger partial charge in [0.05, 0.1) is 0 Å². The van der Waals surface area contributed by atoms with Crippen LogP contribution in [0.1, 0.15) is 30.0 Å². The van der Waals surface area contributed by atoms with Crippen LogP contribution in [0.5, 0.6) is 0 Å². The predicted molar refractivity (Wildman–Crippen MR) is 108 cm³/mol. The van der Waals surface area contributed by atoms with Gasteiger partial charge < -0.3 is 0 Å². The van der Waals surface area contributed by atoms with Crippen molar-refractivity contribution in [2.45, 2.75) is 13.3 Å². The maximum atomic E-state index is 2.36. The minimum absolute atomic E-state index is 1.00. The lowest BCUT2D eigenvalue weighted by Crippen LogP contribution is -1.95. The van der Waals surface area contributed by atoms with Crippen molar-refractivity contribution in [3.05, 3.63) is 105 Å². The van der Waals surface area contributed by atoms with Crippen molar-refractivity contribution < 1.29 is 0 Å². The first kappa shape index (κ1) is 16.0. The van der Waals surface area contributed by atoms with E-state index in [1.807, 2.05) is 0 Å². The van der Waals surface area contributed by atoms with Crippen LogP contribution in [-0.2, 0) is 0 Å². The van der Waals surface area contributed by atoms with E-state index in [9.17, 15) is 0 Å². The summed E-state index contributed by atoms with van der Waals surface area (Å²) >= 11 is 2.36. The first-order valence-corrected chi connectivity index (χ1v) is 8.97. The Hall–Kier alpha value is -1.87. The molecule has 0 saturated heterocycles.